The van der Waals surface area contributed by atoms with E-state index in [1.165, 1.54) is 5.56 Å². The zero-order chi connectivity index (χ0) is 11.4. The lowest BCUT2D eigenvalue weighted by atomic mass is 10.1. The van der Waals surface area contributed by atoms with Crippen LogP contribution in [-0.4, -0.2) is 12.9 Å². The summed E-state index contributed by atoms with van der Waals surface area (Å²) in [7, 11) is 0. The van der Waals surface area contributed by atoms with Gasteiger partial charge in [-0.15, -0.1) is 0 Å². The molecule has 0 aliphatic carbocycles. The summed E-state index contributed by atoms with van der Waals surface area (Å²) in [6.45, 7) is 6.54. The molecule has 3 heteroatoms. The van der Waals surface area contributed by atoms with Crippen molar-refractivity contribution >= 4 is 22.2 Å². The Kier molecular flexibility index (Phi) is 4.33. The monoisotopic (exact) mass is 270 g/mol. The Morgan fingerprint density at radius 3 is 2.60 bits per heavy atom. The van der Waals surface area contributed by atoms with E-state index in [0.29, 0.717) is 13.0 Å². The number of hydrogen-bond donors (Lipinski definition) is 0. The van der Waals surface area contributed by atoms with Crippen molar-refractivity contribution in [2.45, 2.75) is 27.2 Å². The molecule has 0 radical (unpaired) electrons. The number of aryl methyl sites for hydroxylation is 1. The molecule has 0 fully saturated rings. The van der Waals surface area contributed by atoms with Crippen molar-refractivity contribution in [3.05, 3.63) is 27.2 Å². The maximum absolute atomic E-state index is 10.2. The van der Waals surface area contributed by atoms with Gasteiger partial charge in [0.25, 0.3) is 0 Å². The zero-order valence-electron chi connectivity index (χ0n) is 9.26. The highest BCUT2D eigenvalue weighted by Gasteiger charge is 2.09. The average molecular weight is 271 g/mol. The summed E-state index contributed by atoms with van der Waals surface area (Å²) in [5.41, 5.74) is 3.41. The van der Waals surface area contributed by atoms with Crippen LogP contribution in [-0.2, 0) is 4.79 Å². The van der Waals surface area contributed by atoms with Crippen LogP contribution in [0.5, 0.6) is 5.75 Å². The highest BCUT2D eigenvalue weighted by Crippen LogP contribution is 2.31. The van der Waals surface area contributed by atoms with E-state index in [-0.39, 0.29) is 0 Å². The van der Waals surface area contributed by atoms with Gasteiger partial charge in [-0.25, -0.2) is 0 Å². The van der Waals surface area contributed by atoms with Crippen LogP contribution in [0.25, 0.3) is 0 Å². The Hall–Kier alpha value is -0.830. The molecule has 1 aromatic carbocycles. The molecule has 15 heavy (non-hydrogen) atoms. The SMILES string of the molecule is Cc1cc(Br)c(C)c(C)c1OCCC=O. The fraction of sp³-hybridized carbons (Fsp3) is 0.417. The van der Waals surface area contributed by atoms with Gasteiger partial charge in [0.1, 0.15) is 12.0 Å². The Balaban J connectivity index is 2.96. The first kappa shape index (κ1) is 12.2. The molecule has 0 unspecified atom stereocenters. The van der Waals surface area contributed by atoms with Crippen LogP contribution in [0.1, 0.15) is 23.1 Å². The molecule has 0 aliphatic rings. The van der Waals surface area contributed by atoms with Crippen LogP contribution >= 0.6 is 15.9 Å². The molecule has 0 saturated heterocycles. The highest BCUT2D eigenvalue weighted by molar-refractivity contribution is 9.10. The van der Waals surface area contributed by atoms with Crippen LogP contribution in [0.2, 0.25) is 0 Å². The smallest absolute Gasteiger partial charge is 0.125 e. The van der Waals surface area contributed by atoms with Gasteiger partial charge in [-0.2, -0.15) is 0 Å². The quantitative estimate of drug-likeness (QED) is 0.620. The maximum atomic E-state index is 10.2. The lowest BCUT2D eigenvalue weighted by molar-refractivity contribution is -0.108. The van der Waals surface area contributed by atoms with Crippen LogP contribution in [0.4, 0.5) is 0 Å². The second-order valence-electron chi connectivity index (χ2n) is 3.56. The van der Waals surface area contributed by atoms with Crippen molar-refractivity contribution in [2.75, 3.05) is 6.61 Å². The van der Waals surface area contributed by atoms with Crippen molar-refractivity contribution in [3.8, 4) is 5.75 Å². The van der Waals surface area contributed by atoms with Gasteiger partial charge in [0, 0.05) is 10.9 Å². The van der Waals surface area contributed by atoms with Gasteiger partial charge in [0.05, 0.1) is 6.61 Å². The molecule has 0 spiro atoms. The molecule has 1 aromatic rings. The Morgan fingerprint density at radius 2 is 2.00 bits per heavy atom. The maximum Gasteiger partial charge on any atom is 0.125 e. The molecule has 0 heterocycles. The van der Waals surface area contributed by atoms with Crippen LogP contribution in [0.3, 0.4) is 0 Å². The van der Waals surface area contributed by atoms with Crippen LogP contribution in [0, 0.1) is 20.8 Å². The van der Waals surface area contributed by atoms with Crippen LogP contribution in [0.15, 0.2) is 10.5 Å². The predicted molar refractivity (Wildman–Crippen MR) is 64.5 cm³/mol. The lowest BCUT2D eigenvalue weighted by Gasteiger charge is -2.14. The number of hydrogen-bond acceptors (Lipinski definition) is 2. The number of ether oxygens (including phenoxy) is 1. The number of rotatable bonds is 4. The van der Waals surface area contributed by atoms with E-state index in [2.05, 4.69) is 15.9 Å². The summed E-state index contributed by atoms with van der Waals surface area (Å²) in [4.78, 5) is 10.2. The molecule has 0 saturated carbocycles. The Labute approximate surface area is 98.8 Å². The van der Waals surface area contributed by atoms with Crippen molar-refractivity contribution in [1.82, 2.24) is 0 Å². The number of benzene rings is 1. The first-order valence-corrected chi connectivity index (χ1v) is 5.70. The van der Waals surface area contributed by atoms with E-state index in [0.717, 1.165) is 27.6 Å². The van der Waals surface area contributed by atoms with E-state index in [9.17, 15) is 4.79 Å². The van der Waals surface area contributed by atoms with E-state index < -0.39 is 0 Å². The molecule has 1 rings (SSSR count). The van der Waals surface area contributed by atoms with Crippen molar-refractivity contribution < 1.29 is 9.53 Å². The molecule has 0 aromatic heterocycles. The third-order valence-electron chi connectivity index (χ3n) is 2.44. The van der Waals surface area contributed by atoms with Gasteiger partial charge in [-0.05, 0) is 43.5 Å². The number of halogens is 1. The average Bonchev–Trinajstić information content (AvgIpc) is 2.20. The normalized spacial score (nSPS) is 10.1. The summed E-state index contributed by atoms with van der Waals surface area (Å²) in [5, 5.41) is 0. The third kappa shape index (κ3) is 2.81. The first-order valence-electron chi connectivity index (χ1n) is 4.90. The second-order valence-corrected chi connectivity index (χ2v) is 4.41. The molecule has 0 aliphatic heterocycles. The van der Waals surface area contributed by atoms with Gasteiger partial charge in [-0.3, -0.25) is 0 Å². The molecule has 2 nitrogen and oxygen atoms in total. The zero-order valence-corrected chi connectivity index (χ0v) is 10.8. The summed E-state index contributed by atoms with van der Waals surface area (Å²) in [6, 6.07) is 2.04. The van der Waals surface area contributed by atoms with E-state index in [1.54, 1.807) is 0 Å². The minimum atomic E-state index is 0.438. The van der Waals surface area contributed by atoms with E-state index in [1.807, 2.05) is 26.8 Å². The molecular weight excluding hydrogens is 256 g/mol. The van der Waals surface area contributed by atoms with Gasteiger partial charge >= 0.3 is 0 Å². The first-order chi connectivity index (χ1) is 7.07. The van der Waals surface area contributed by atoms with Crippen molar-refractivity contribution in [2.24, 2.45) is 0 Å². The summed E-state index contributed by atoms with van der Waals surface area (Å²) in [5.74, 6) is 0.901. The largest absolute Gasteiger partial charge is 0.493 e. The second kappa shape index (κ2) is 5.31. The molecule has 0 atom stereocenters. The molecule has 0 bridgehead atoms. The Morgan fingerprint density at radius 1 is 1.33 bits per heavy atom. The minimum absolute atomic E-state index is 0.438. The fourth-order valence-corrected chi connectivity index (χ4v) is 2.08. The van der Waals surface area contributed by atoms with Crippen LogP contribution < -0.4 is 4.74 Å². The standard InChI is InChI=1S/C12H15BrO2/c1-8-7-11(13)9(2)10(3)12(8)15-6-4-5-14/h5,7H,4,6H2,1-3H3. The van der Waals surface area contributed by atoms with Crippen molar-refractivity contribution in [3.63, 3.8) is 0 Å². The molecule has 0 amide bonds. The van der Waals surface area contributed by atoms with E-state index in [4.69, 9.17) is 4.74 Å². The minimum Gasteiger partial charge on any atom is -0.493 e. The Bertz CT molecular complexity index is 372. The molecular formula is C12H15BrO2. The van der Waals surface area contributed by atoms with Gasteiger partial charge in [0.2, 0.25) is 0 Å². The lowest BCUT2D eigenvalue weighted by Crippen LogP contribution is -2.02. The van der Waals surface area contributed by atoms with Gasteiger partial charge in [-0.1, -0.05) is 15.9 Å². The highest BCUT2D eigenvalue weighted by atomic mass is 79.9. The summed E-state index contributed by atoms with van der Waals surface area (Å²) < 4.78 is 6.69. The van der Waals surface area contributed by atoms with E-state index >= 15 is 0 Å². The summed E-state index contributed by atoms with van der Waals surface area (Å²) >= 11 is 3.50. The fourth-order valence-electron chi connectivity index (χ4n) is 1.44. The van der Waals surface area contributed by atoms with Gasteiger partial charge in [0.15, 0.2) is 0 Å². The molecule has 82 valence electrons. The van der Waals surface area contributed by atoms with Crippen molar-refractivity contribution in [1.29, 1.82) is 0 Å². The predicted octanol–water partition coefficient (Wildman–Crippen LogP) is 3.34. The number of carbonyl (C=O) groups is 1. The number of carbonyl (C=O) groups excluding carboxylic acids is 1. The third-order valence-corrected chi connectivity index (χ3v) is 3.27. The summed E-state index contributed by atoms with van der Waals surface area (Å²) in [6.07, 6.45) is 1.31. The topological polar surface area (TPSA) is 26.3 Å². The number of aldehydes is 1. The van der Waals surface area contributed by atoms with Gasteiger partial charge < -0.3 is 9.53 Å². The molecule has 0 N–H and O–H groups in total.